The third-order valence-electron chi connectivity index (χ3n) is 4.69. The molecule has 3 amide bonds. The average molecular weight is 346 g/mol. The summed E-state index contributed by atoms with van der Waals surface area (Å²) in [4.78, 5) is 27.8. The fourth-order valence-electron chi connectivity index (χ4n) is 3.00. The molecular weight excluding hydrogens is 316 g/mol. The van der Waals surface area contributed by atoms with Crippen molar-refractivity contribution in [2.75, 3.05) is 38.1 Å². The van der Waals surface area contributed by atoms with E-state index in [2.05, 4.69) is 34.7 Å². The fraction of sp³-hybridized carbons (Fsp3) is 0.579. The smallest absolute Gasteiger partial charge is 0.317 e. The van der Waals surface area contributed by atoms with Gasteiger partial charge in [-0.15, -0.1) is 0 Å². The van der Waals surface area contributed by atoms with E-state index in [-0.39, 0.29) is 17.9 Å². The maximum absolute atomic E-state index is 12.2. The first-order chi connectivity index (χ1) is 12.0. The first-order valence-electron chi connectivity index (χ1n) is 9.07. The molecule has 0 bridgehead atoms. The van der Waals surface area contributed by atoms with E-state index in [9.17, 15) is 9.59 Å². The van der Waals surface area contributed by atoms with Gasteiger partial charge in [0.2, 0.25) is 5.91 Å². The Balaban J connectivity index is 1.69. The zero-order chi connectivity index (χ0) is 18.2. The molecule has 1 aromatic carbocycles. The van der Waals surface area contributed by atoms with Crippen LogP contribution >= 0.6 is 0 Å². The zero-order valence-corrected chi connectivity index (χ0v) is 15.5. The Morgan fingerprint density at radius 1 is 1.12 bits per heavy atom. The van der Waals surface area contributed by atoms with Gasteiger partial charge in [-0.25, -0.2) is 4.79 Å². The lowest BCUT2D eigenvalue weighted by molar-refractivity contribution is -0.123. The number of carbonyl (C=O) groups excluding carboxylic acids is 2. The van der Waals surface area contributed by atoms with Gasteiger partial charge in [-0.05, 0) is 25.0 Å². The van der Waals surface area contributed by atoms with Gasteiger partial charge in [0.05, 0.1) is 0 Å². The van der Waals surface area contributed by atoms with Crippen LogP contribution < -0.4 is 15.5 Å². The van der Waals surface area contributed by atoms with E-state index in [0.717, 1.165) is 25.9 Å². The molecular formula is C19H30N4O2. The average Bonchev–Trinajstić information content (AvgIpc) is 2.65. The van der Waals surface area contributed by atoms with Crippen LogP contribution in [0.1, 0.15) is 26.7 Å². The van der Waals surface area contributed by atoms with Crippen LogP contribution in [0.25, 0.3) is 0 Å². The van der Waals surface area contributed by atoms with Crippen LogP contribution in [0.2, 0.25) is 0 Å². The van der Waals surface area contributed by atoms with Crippen molar-refractivity contribution in [3.05, 3.63) is 30.3 Å². The maximum atomic E-state index is 12.2. The summed E-state index contributed by atoms with van der Waals surface area (Å²) in [6, 6.07) is 10.8. The first-order valence-corrected chi connectivity index (χ1v) is 9.07. The molecule has 0 saturated carbocycles. The number of para-hydroxylation sites is 1. The van der Waals surface area contributed by atoms with Crippen LogP contribution in [0.4, 0.5) is 10.5 Å². The van der Waals surface area contributed by atoms with Crippen molar-refractivity contribution in [1.29, 1.82) is 0 Å². The number of carbonyl (C=O) groups is 2. The number of amides is 3. The van der Waals surface area contributed by atoms with Crippen molar-refractivity contribution in [2.45, 2.75) is 32.7 Å². The molecule has 25 heavy (non-hydrogen) atoms. The number of nitrogens with one attached hydrogen (secondary N) is 2. The Hall–Kier alpha value is -2.24. The van der Waals surface area contributed by atoms with Crippen molar-refractivity contribution in [3.8, 4) is 0 Å². The lowest BCUT2D eigenvalue weighted by Crippen LogP contribution is -2.50. The minimum Gasteiger partial charge on any atom is -0.371 e. The SMILES string of the molecule is CC(C)C(=O)NCCNC(=O)N1CCC(N(C)c2ccccc2)CC1. The van der Waals surface area contributed by atoms with Gasteiger partial charge in [0.15, 0.2) is 0 Å². The molecule has 6 heteroatoms. The summed E-state index contributed by atoms with van der Waals surface area (Å²) in [7, 11) is 2.12. The van der Waals surface area contributed by atoms with Gasteiger partial charge in [0.1, 0.15) is 0 Å². The Kier molecular flexibility index (Phi) is 7.10. The third kappa shape index (κ3) is 5.66. The molecule has 2 rings (SSSR count). The minimum atomic E-state index is -0.0420. The highest BCUT2D eigenvalue weighted by Crippen LogP contribution is 2.21. The number of urea groups is 1. The van der Waals surface area contributed by atoms with E-state index in [1.54, 1.807) is 0 Å². The summed E-state index contributed by atoms with van der Waals surface area (Å²) in [5.74, 6) is -0.0182. The van der Waals surface area contributed by atoms with Crippen molar-refractivity contribution < 1.29 is 9.59 Å². The van der Waals surface area contributed by atoms with E-state index in [0.29, 0.717) is 19.1 Å². The van der Waals surface area contributed by atoms with Gasteiger partial charge in [0.25, 0.3) is 0 Å². The third-order valence-corrected chi connectivity index (χ3v) is 4.69. The molecule has 0 atom stereocenters. The molecule has 1 aliphatic rings. The van der Waals surface area contributed by atoms with Crippen LogP contribution in [-0.2, 0) is 4.79 Å². The van der Waals surface area contributed by atoms with Gasteiger partial charge >= 0.3 is 6.03 Å². The van der Waals surface area contributed by atoms with E-state index in [4.69, 9.17) is 0 Å². The van der Waals surface area contributed by atoms with Crippen LogP contribution in [0, 0.1) is 5.92 Å². The van der Waals surface area contributed by atoms with Crippen LogP contribution in [-0.4, -0.2) is 56.1 Å². The van der Waals surface area contributed by atoms with Crippen LogP contribution in [0.15, 0.2) is 30.3 Å². The lowest BCUT2D eigenvalue weighted by Gasteiger charge is -2.37. The van der Waals surface area contributed by atoms with Crippen molar-refractivity contribution in [1.82, 2.24) is 15.5 Å². The molecule has 138 valence electrons. The van der Waals surface area contributed by atoms with Gasteiger partial charge in [-0.1, -0.05) is 32.0 Å². The highest BCUT2D eigenvalue weighted by Gasteiger charge is 2.25. The summed E-state index contributed by atoms with van der Waals surface area (Å²) in [6.07, 6.45) is 1.92. The predicted molar refractivity (Wildman–Crippen MR) is 101 cm³/mol. The second kappa shape index (κ2) is 9.30. The predicted octanol–water partition coefficient (Wildman–Crippen LogP) is 2.07. The number of rotatable bonds is 6. The van der Waals surface area contributed by atoms with Crippen molar-refractivity contribution in [2.24, 2.45) is 5.92 Å². The summed E-state index contributed by atoms with van der Waals surface area (Å²) in [6.45, 7) is 6.14. The number of nitrogens with zero attached hydrogens (tertiary/aromatic N) is 2. The molecule has 1 saturated heterocycles. The number of piperidine rings is 1. The Bertz CT molecular complexity index is 554. The second-order valence-electron chi connectivity index (χ2n) is 6.84. The molecule has 6 nitrogen and oxygen atoms in total. The number of benzene rings is 1. The molecule has 1 aromatic rings. The molecule has 0 radical (unpaired) electrons. The van der Waals surface area contributed by atoms with E-state index in [1.165, 1.54) is 5.69 Å². The van der Waals surface area contributed by atoms with Gasteiger partial charge in [-0.3, -0.25) is 4.79 Å². The largest absolute Gasteiger partial charge is 0.371 e. The number of likely N-dealkylation sites (tertiary alicyclic amines) is 1. The van der Waals surface area contributed by atoms with E-state index >= 15 is 0 Å². The number of anilines is 1. The maximum Gasteiger partial charge on any atom is 0.317 e. The highest BCUT2D eigenvalue weighted by molar-refractivity contribution is 5.78. The van der Waals surface area contributed by atoms with Crippen molar-refractivity contribution in [3.63, 3.8) is 0 Å². The quantitative estimate of drug-likeness (QED) is 0.775. The first kappa shape index (κ1) is 19.1. The molecule has 0 aromatic heterocycles. The monoisotopic (exact) mass is 346 g/mol. The summed E-state index contributed by atoms with van der Waals surface area (Å²) < 4.78 is 0. The Morgan fingerprint density at radius 3 is 2.32 bits per heavy atom. The minimum absolute atomic E-state index is 0.0130. The van der Waals surface area contributed by atoms with Gasteiger partial charge in [0, 0.05) is 50.9 Å². The molecule has 0 spiro atoms. The van der Waals surface area contributed by atoms with Crippen LogP contribution in [0.3, 0.4) is 0 Å². The lowest BCUT2D eigenvalue weighted by atomic mass is 10.0. The van der Waals surface area contributed by atoms with Gasteiger partial charge in [-0.2, -0.15) is 0 Å². The fourth-order valence-corrected chi connectivity index (χ4v) is 3.00. The molecule has 1 heterocycles. The summed E-state index contributed by atoms with van der Waals surface area (Å²) in [5.41, 5.74) is 1.21. The molecule has 1 aliphatic heterocycles. The Labute approximate surface area is 150 Å². The zero-order valence-electron chi connectivity index (χ0n) is 15.5. The normalized spacial score (nSPS) is 15.1. The summed E-state index contributed by atoms with van der Waals surface area (Å²) >= 11 is 0. The standard InChI is InChI=1S/C19H30N4O2/c1-15(2)18(24)20-11-12-21-19(25)23-13-9-17(10-14-23)22(3)16-7-5-4-6-8-16/h4-8,15,17H,9-14H2,1-3H3,(H,20,24)(H,21,25). The topological polar surface area (TPSA) is 64.7 Å². The molecule has 2 N–H and O–H groups in total. The molecule has 0 aliphatic carbocycles. The number of hydrogen-bond acceptors (Lipinski definition) is 3. The number of hydrogen-bond donors (Lipinski definition) is 2. The highest BCUT2D eigenvalue weighted by atomic mass is 16.2. The van der Waals surface area contributed by atoms with E-state index in [1.807, 2.05) is 36.9 Å². The van der Waals surface area contributed by atoms with E-state index < -0.39 is 0 Å². The van der Waals surface area contributed by atoms with Gasteiger partial charge < -0.3 is 20.4 Å². The Morgan fingerprint density at radius 2 is 1.72 bits per heavy atom. The molecule has 0 unspecified atom stereocenters. The summed E-state index contributed by atoms with van der Waals surface area (Å²) in [5, 5.41) is 5.68. The second-order valence-corrected chi connectivity index (χ2v) is 6.84. The van der Waals surface area contributed by atoms with Crippen molar-refractivity contribution >= 4 is 17.6 Å². The molecule has 1 fully saturated rings. The van der Waals surface area contributed by atoms with Crippen LogP contribution in [0.5, 0.6) is 0 Å².